The molecule has 0 radical (unpaired) electrons. The van der Waals surface area contributed by atoms with E-state index in [2.05, 4.69) is 43.5 Å². The number of rotatable bonds is 4. The maximum absolute atomic E-state index is 11.6. The summed E-state index contributed by atoms with van der Waals surface area (Å²) in [5, 5.41) is 5.96. The topological polar surface area (TPSA) is 41.1 Å². The molecular weight excluding hydrogens is 224 g/mol. The van der Waals surface area contributed by atoms with Crippen LogP contribution < -0.4 is 10.6 Å². The Morgan fingerprint density at radius 2 is 1.72 bits per heavy atom. The van der Waals surface area contributed by atoms with Crippen LogP contribution in [-0.4, -0.2) is 18.5 Å². The smallest absolute Gasteiger partial charge is 0.238 e. The zero-order chi connectivity index (χ0) is 13.8. The van der Waals surface area contributed by atoms with Gasteiger partial charge in [-0.25, -0.2) is 0 Å². The molecule has 1 aromatic rings. The zero-order valence-electron chi connectivity index (χ0n) is 12.0. The fourth-order valence-corrected chi connectivity index (χ4v) is 1.56. The van der Waals surface area contributed by atoms with Gasteiger partial charge in [-0.3, -0.25) is 4.79 Å². The lowest BCUT2D eigenvalue weighted by Crippen LogP contribution is -2.32. The Balaban J connectivity index is 2.56. The van der Waals surface area contributed by atoms with E-state index in [0.29, 0.717) is 12.6 Å². The molecular formula is C15H24N2O. The van der Waals surface area contributed by atoms with E-state index in [0.717, 1.165) is 5.69 Å². The number of benzene rings is 1. The Morgan fingerprint density at radius 3 is 2.17 bits per heavy atom. The van der Waals surface area contributed by atoms with Crippen LogP contribution in [0.2, 0.25) is 0 Å². The van der Waals surface area contributed by atoms with Crippen LogP contribution >= 0.6 is 0 Å². The van der Waals surface area contributed by atoms with E-state index >= 15 is 0 Å². The van der Waals surface area contributed by atoms with Crippen molar-refractivity contribution in [2.45, 2.75) is 46.1 Å². The molecule has 0 atom stereocenters. The number of hydrogen-bond acceptors (Lipinski definition) is 2. The summed E-state index contributed by atoms with van der Waals surface area (Å²) in [6.07, 6.45) is 0. The molecule has 0 bridgehead atoms. The molecule has 0 spiro atoms. The van der Waals surface area contributed by atoms with Gasteiger partial charge in [0, 0.05) is 11.7 Å². The van der Waals surface area contributed by atoms with Crippen molar-refractivity contribution < 1.29 is 4.79 Å². The van der Waals surface area contributed by atoms with Crippen molar-refractivity contribution in [2.75, 3.05) is 11.9 Å². The summed E-state index contributed by atoms with van der Waals surface area (Å²) >= 11 is 0. The molecule has 0 aliphatic rings. The summed E-state index contributed by atoms with van der Waals surface area (Å²) in [7, 11) is 0. The van der Waals surface area contributed by atoms with Gasteiger partial charge in [-0.15, -0.1) is 0 Å². The van der Waals surface area contributed by atoms with Crippen LogP contribution in [0.25, 0.3) is 0 Å². The maximum Gasteiger partial charge on any atom is 0.238 e. The van der Waals surface area contributed by atoms with Crippen molar-refractivity contribution in [1.29, 1.82) is 0 Å². The molecule has 0 aliphatic carbocycles. The SMILES string of the molecule is CC(C)NCC(=O)Nc1ccc(C(C)(C)C)cc1. The van der Waals surface area contributed by atoms with E-state index in [1.165, 1.54) is 5.56 Å². The van der Waals surface area contributed by atoms with Crippen LogP contribution in [-0.2, 0) is 10.2 Å². The number of amides is 1. The monoisotopic (exact) mass is 248 g/mol. The van der Waals surface area contributed by atoms with Gasteiger partial charge in [-0.2, -0.15) is 0 Å². The first-order valence-corrected chi connectivity index (χ1v) is 6.43. The summed E-state index contributed by atoms with van der Waals surface area (Å²) in [4.78, 5) is 11.6. The first kappa shape index (κ1) is 14.7. The Kier molecular flexibility index (Phi) is 4.91. The third-order valence-corrected chi connectivity index (χ3v) is 2.71. The molecule has 1 rings (SSSR count). The number of nitrogens with one attached hydrogen (secondary N) is 2. The van der Waals surface area contributed by atoms with E-state index in [1.807, 2.05) is 26.0 Å². The van der Waals surface area contributed by atoms with Crippen molar-refractivity contribution in [2.24, 2.45) is 0 Å². The average molecular weight is 248 g/mol. The van der Waals surface area contributed by atoms with Crippen molar-refractivity contribution >= 4 is 11.6 Å². The Bertz CT molecular complexity index is 388. The molecule has 100 valence electrons. The third-order valence-electron chi connectivity index (χ3n) is 2.71. The first-order valence-electron chi connectivity index (χ1n) is 6.43. The summed E-state index contributed by atoms with van der Waals surface area (Å²) in [5.41, 5.74) is 2.25. The average Bonchev–Trinajstić information content (AvgIpc) is 2.26. The van der Waals surface area contributed by atoms with Gasteiger partial charge < -0.3 is 10.6 Å². The van der Waals surface area contributed by atoms with E-state index in [4.69, 9.17) is 0 Å². The minimum absolute atomic E-state index is 0.00721. The van der Waals surface area contributed by atoms with Crippen LogP contribution in [0.3, 0.4) is 0 Å². The van der Waals surface area contributed by atoms with Gasteiger partial charge in [-0.05, 0) is 23.1 Å². The van der Waals surface area contributed by atoms with Gasteiger partial charge in [0.2, 0.25) is 5.91 Å². The number of carbonyl (C=O) groups is 1. The van der Waals surface area contributed by atoms with Crippen molar-refractivity contribution in [3.8, 4) is 0 Å². The summed E-state index contributed by atoms with van der Waals surface area (Å²) in [5.74, 6) is -0.00721. The Hall–Kier alpha value is -1.35. The van der Waals surface area contributed by atoms with Gasteiger partial charge in [0.15, 0.2) is 0 Å². The molecule has 3 nitrogen and oxygen atoms in total. The largest absolute Gasteiger partial charge is 0.325 e. The summed E-state index contributed by atoms with van der Waals surface area (Å²) in [6.45, 7) is 10.9. The van der Waals surface area contributed by atoms with Crippen molar-refractivity contribution in [3.05, 3.63) is 29.8 Å². The fourth-order valence-electron chi connectivity index (χ4n) is 1.56. The van der Waals surface area contributed by atoms with Crippen LogP contribution in [0, 0.1) is 0 Å². The second-order valence-corrected chi connectivity index (χ2v) is 5.91. The highest BCUT2D eigenvalue weighted by Crippen LogP contribution is 2.23. The van der Waals surface area contributed by atoms with E-state index < -0.39 is 0 Å². The van der Waals surface area contributed by atoms with Gasteiger partial charge >= 0.3 is 0 Å². The molecule has 0 aliphatic heterocycles. The molecule has 18 heavy (non-hydrogen) atoms. The number of carbonyl (C=O) groups excluding carboxylic acids is 1. The molecule has 0 unspecified atom stereocenters. The second-order valence-electron chi connectivity index (χ2n) is 5.91. The summed E-state index contributed by atoms with van der Waals surface area (Å²) in [6, 6.07) is 8.35. The molecule has 2 N–H and O–H groups in total. The van der Waals surface area contributed by atoms with E-state index in [9.17, 15) is 4.79 Å². The van der Waals surface area contributed by atoms with Gasteiger partial charge in [0.25, 0.3) is 0 Å². The number of anilines is 1. The predicted octanol–water partition coefficient (Wildman–Crippen LogP) is 2.92. The normalized spacial score (nSPS) is 11.7. The lowest BCUT2D eigenvalue weighted by atomic mass is 9.87. The van der Waals surface area contributed by atoms with E-state index in [-0.39, 0.29) is 11.3 Å². The molecule has 0 heterocycles. The highest BCUT2D eigenvalue weighted by Gasteiger charge is 2.13. The molecule has 0 fully saturated rings. The van der Waals surface area contributed by atoms with Crippen LogP contribution in [0.1, 0.15) is 40.2 Å². The lowest BCUT2D eigenvalue weighted by Gasteiger charge is -2.19. The van der Waals surface area contributed by atoms with Crippen LogP contribution in [0.5, 0.6) is 0 Å². The molecule has 0 aromatic heterocycles. The van der Waals surface area contributed by atoms with Gasteiger partial charge in [0.1, 0.15) is 0 Å². The standard InChI is InChI=1S/C15H24N2O/c1-11(2)16-10-14(18)17-13-8-6-12(7-9-13)15(3,4)5/h6-9,11,16H,10H2,1-5H3,(H,17,18). The van der Waals surface area contributed by atoms with Gasteiger partial charge in [0.05, 0.1) is 6.54 Å². The quantitative estimate of drug-likeness (QED) is 0.860. The minimum Gasteiger partial charge on any atom is -0.325 e. The summed E-state index contributed by atoms with van der Waals surface area (Å²) < 4.78 is 0. The molecule has 1 aromatic carbocycles. The molecule has 0 saturated carbocycles. The Morgan fingerprint density at radius 1 is 1.17 bits per heavy atom. The first-order chi connectivity index (χ1) is 8.29. The van der Waals surface area contributed by atoms with Crippen LogP contribution in [0.4, 0.5) is 5.69 Å². The molecule has 3 heteroatoms. The highest BCUT2D eigenvalue weighted by atomic mass is 16.1. The molecule has 1 amide bonds. The zero-order valence-corrected chi connectivity index (χ0v) is 12.0. The maximum atomic E-state index is 11.6. The van der Waals surface area contributed by atoms with Crippen LogP contribution in [0.15, 0.2) is 24.3 Å². The van der Waals surface area contributed by atoms with Gasteiger partial charge in [-0.1, -0.05) is 46.8 Å². The van der Waals surface area contributed by atoms with Crippen molar-refractivity contribution in [3.63, 3.8) is 0 Å². The second kappa shape index (κ2) is 6.01. The highest BCUT2D eigenvalue weighted by molar-refractivity contribution is 5.92. The minimum atomic E-state index is -0.00721. The number of hydrogen-bond donors (Lipinski definition) is 2. The van der Waals surface area contributed by atoms with E-state index in [1.54, 1.807) is 0 Å². The molecule has 0 saturated heterocycles. The Labute approximate surface area is 110 Å². The predicted molar refractivity (Wildman–Crippen MR) is 76.9 cm³/mol. The lowest BCUT2D eigenvalue weighted by molar-refractivity contribution is -0.115. The van der Waals surface area contributed by atoms with Crippen molar-refractivity contribution in [1.82, 2.24) is 5.32 Å². The third kappa shape index (κ3) is 4.88. The fraction of sp³-hybridized carbons (Fsp3) is 0.533.